The van der Waals surface area contributed by atoms with Crippen LogP contribution in [0, 0.1) is 0 Å². The topological polar surface area (TPSA) is 3.24 Å². The van der Waals surface area contributed by atoms with E-state index in [1.165, 1.54) is 86.2 Å². The Kier molecular flexibility index (Phi) is 8.42. The normalized spacial score (nSPS) is 11.4. The number of hydrogen-bond donors (Lipinski definition) is 0. The smallest absolute Gasteiger partial charge is 0.0640 e. The number of anilines is 3. The predicted octanol–water partition coefficient (Wildman–Crippen LogP) is 16.5. The molecule has 0 spiro atoms. The molecule has 0 amide bonds. The summed E-state index contributed by atoms with van der Waals surface area (Å²) >= 11 is 1.90. The lowest BCUT2D eigenvalue weighted by atomic mass is 9.96. The summed E-state index contributed by atoms with van der Waals surface area (Å²) in [5.74, 6) is 0. The van der Waals surface area contributed by atoms with Crippen LogP contribution in [0.1, 0.15) is 0 Å². The van der Waals surface area contributed by atoms with Crippen molar-refractivity contribution in [2.45, 2.75) is 0 Å². The van der Waals surface area contributed by atoms with Crippen LogP contribution in [0.25, 0.3) is 86.2 Å². The molecule has 0 atom stereocenters. The van der Waals surface area contributed by atoms with E-state index in [2.05, 4.69) is 229 Å². The Hall–Kier alpha value is -7.26. The minimum atomic E-state index is 1.11. The summed E-state index contributed by atoms with van der Waals surface area (Å²) in [4.78, 5) is 2.45. The highest BCUT2D eigenvalue weighted by atomic mass is 32.1. The second-order valence-electron chi connectivity index (χ2n) is 14.9. The first-order valence-electron chi connectivity index (χ1n) is 19.8. The van der Waals surface area contributed by atoms with Crippen molar-refractivity contribution in [3.63, 3.8) is 0 Å². The van der Waals surface area contributed by atoms with Gasteiger partial charge < -0.3 is 4.90 Å². The first-order chi connectivity index (χ1) is 28.7. The molecule has 1 aromatic heterocycles. The minimum absolute atomic E-state index is 1.11. The molecule has 58 heavy (non-hydrogen) atoms. The van der Waals surface area contributed by atoms with E-state index >= 15 is 0 Å². The van der Waals surface area contributed by atoms with Crippen LogP contribution in [0.4, 0.5) is 17.1 Å². The Bertz CT molecular complexity index is 3130. The van der Waals surface area contributed by atoms with E-state index in [-0.39, 0.29) is 0 Å². The molecular weight excluding hydrogens is 719 g/mol. The second kappa shape index (κ2) is 14.4. The minimum Gasteiger partial charge on any atom is -0.309 e. The zero-order valence-corrected chi connectivity index (χ0v) is 32.5. The Balaban J connectivity index is 1.11. The molecule has 11 rings (SSSR count). The summed E-state index contributed by atoms with van der Waals surface area (Å²) in [6, 6.07) is 81.9. The molecule has 0 N–H and O–H groups in total. The molecule has 0 radical (unpaired) electrons. The number of thiophene rings is 1. The van der Waals surface area contributed by atoms with Crippen molar-refractivity contribution in [2.75, 3.05) is 4.90 Å². The highest BCUT2D eigenvalue weighted by Crippen LogP contribution is 2.50. The third kappa shape index (κ3) is 6.03. The molecule has 0 saturated heterocycles. The van der Waals surface area contributed by atoms with Gasteiger partial charge in [0, 0.05) is 26.8 Å². The van der Waals surface area contributed by atoms with Crippen molar-refractivity contribution < 1.29 is 0 Å². The lowest BCUT2D eigenvalue weighted by Crippen LogP contribution is -2.10. The predicted molar refractivity (Wildman–Crippen MR) is 251 cm³/mol. The van der Waals surface area contributed by atoms with Crippen molar-refractivity contribution in [3.8, 4) is 44.5 Å². The number of benzene rings is 10. The lowest BCUT2D eigenvalue weighted by molar-refractivity contribution is 1.30. The van der Waals surface area contributed by atoms with Gasteiger partial charge >= 0.3 is 0 Å². The van der Waals surface area contributed by atoms with E-state index in [0.29, 0.717) is 0 Å². The molecule has 10 aromatic carbocycles. The first-order valence-corrected chi connectivity index (χ1v) is 20.6. The average Bonchev–Trinajstić information content (AvgIpc) is 3.70. The van der Waals surface area contributed by atoms with Gasteiger partial charge in [0.05, 0.1) is 10.4 Å². The van der Waals surface area contributed by atoms with Crippen molar-refractivity contribution in [1.82, 2.24) is 0 Å². The summed E-state index contributed by atoms with van der Waals surface area (Å²) in [6.45, 7) is 0. The van der Waals surface area contributed by atoms with Crippen LogP contribution in [0.3, 0.4) is 0 Å². The van der Waals surface area contributed by atoms with Gasteiger partial charge in [0.1, 0.15) is 0 Å². The third-order valence-electron chi connectivity index (χ3n) is 11.5. The SMILES string of the molecule is c1ccc(-c2cccc3c2sc2c(N(c4ccc(-c5ccc6ccccc6c5)cc4)c4ccc(-c5ccc6ccccc6c5)cc4)ccc(-c4ccccc4)c23)cc1. The maximum atomic E-state index is 2.45. The third-order valence-corrected chi connectivity index (χ3v) is 12.7. The highest BCUT2D eigenvalue weighted by Gasteiger charge is 2.22. The fraction of sp³-hybridized carbons (Fsp3) is 0. The molecule has 272 valence electrons. The Labute approximate surface area is 342 Å². The molecule has 0 aliphatic carbocycles. The molecule has 0 unspecified atom stereocenters. The molecule has 0 saturated carbocycles. The van der Waals surface area contributed by atoms with E-state index in [1.807, 2.05) is 11.3 Å². The number of fused-ring (bicyclic) bond motifs is 5. The van der Waals surface area contributed by atoms with Gasteiger partial charge in [-0.2, -0.15) is 0 Å². The standard InChI is InChI=1S/C56H37NS/c1-3-14-42(15-4-1)50-34-35-53(56-54(50)52-21-11-20-51(55(52)58-56)43-16-5-2-6-17-43)57(48-30-26-40(27-31-48)46-24-22-38-12-7-9-18-44(38)36-46)49-32-28-41(29-33-49)47-25-23-39-13-8-10-19-45(39)37-47/h1-37H. The molecular formula is C56H37NS. The molecule has 0 bridgehead atoms. The first kappa shape index (κ1) is 34.0. The van der Waals surface area contributed by atoms with Gasteiger partial charge in [-0.1, -0.05) is 182 Å². The number of nitrogens with zero attached hydrogens (tertiary/aromatic N) is 1. The summed E-state index contributed by atoms with van der Waals surface area (Å²) in [7, 11) is 0. The average molecular weight is 756 g/mol. The van der Waals surface area contributed by atoms with Crippen molar-refractivity contribution in [3.05, 3.63) is 224 Å². The van der Waals surface area contributed by atoms with Crippen LogP contribution in [0.2, 0.25) is 0 Å². The van der Waals surface area contributed by atoms with Gasteiger partial charge in [0.2, 0.25) is 0 Å². The molecule has 0 aliphatic heterocycles. The maximum absolute atomic E-state index is 2.45. The van der Waals surface area contributed by atoms with E-state index in [0.717, 1.165) is 17.1 Å². The maximum Gasteiger partial charge on any atom is 0.0640 e. The van der Waals surface area contributed by atoms with Crippen molar-refractivity contribution >= 4 is 70.1 Å². The number of rotatable bonds is 7. The summed E-state index contributed by atoms with van der Waals surface area (Å²) in [6.07, 6.45) is 0. The molecule has 1 nitrogen and oxygen atoms in total. The van der Waals surface area contributed by atoms with Gasteiger partial charge in [0.25, 0.3) is 0 Å². The zero-order chi connectivity index (χ0) is 38.4. The summed E-state index contributed by atoms with van der Waals surface area (Å²) < 4.78 is 2.56. The largest absolute Gasteiger partial charge is 0.309 e. The monoisotopic (exact) mass is 755 g/mol. The molecule has 2 heteroatoms. The van der Waals surface area contributed by atoms with Crippen LogP contribution < -0.4 is 4.90 Å². The van der Waals surface area contributed by atoms with Crippen LogP contribution in [0.5, 0.6) is 0 Å². The van der Waals surface area contributed by atoms with Crippen LogP contribution >= 0.6 is 11.3 Å². The van der Waals surface area contributed by atoms with E-state index in [1.54, 1.807) is 0 Å². The quantitative estimate of drug-likeness (QED) is 0.157. The Morgan fingerprint density at radius 1 is 0.293 bits per heavy atom. The molecule has 0 aliphatic rings. The van der Waals surface area contributed by atoms with E-state index < -0.39 is 0 Å². The molecule has 11 aromatic rings. The van der Waals surface area contributed by atoms with E-state index in [9.17, 15) is 0 Å². The summed E-state index contributed by atoms with van der Waals surface area (Å²) in [5, 5.41) is 7.56. The second-order valence-corrected chi connectivity index (χ2v) is 15.9. The van der Waals surface area contributed by atoms with Crippen LogP contribution in [-0.4, -0.2) is 0 Å². The molecule has 0 fully saturated rings. The lowest BCUT2D eigenvalue weighted by Gasteiger charge is -2.27. The van der Waals surface area contributed by atoms with Crippen molar-refractivity contribution in [1.29, 1.82) is 0 Å². The summed E-state index contributed by atoms with van der Waals surface area (Å²) in [5.41, 5.74) is 13.1. The number of hydrogen-bond acceptors (Lipinski definition) is 2. The Morgan fingerprint density at radius 2 is 0.776 bits per heavy atom. The highest BCUT2D eigenvalue weighted by molar-refractivity contribution is 7.27. The van der Waals surface area contributed by atoms with Crippen LogP contribution in [-0.2, 0) is 0 Å². The van der Waals surface area contributed by atoms with Crippen LogP contribution in [0.15, 0.2) is 224 Å². The van der Waals surface area contributed by atoms with Gasteiger partial charge in [-0.05, 0) is 109 Å². The van der Waals surface area contributed by atoms with Gasteiger partial charge in [-0.3, -0.25) is 0 Å². The van der Waals surface area contributed by atoms with Crippen molar-refractivity contribution in [2.24, 2.45) is 0 Å². The van der Waals surface area contributed by atoms with Gasteiger partial charge in [0.15, 0.2) is 0 Å². The van der Waals surface area contributed by atoms with Gasteiger partial charge in [-0.25, -0.2) is 0 Å². The Morgan fingerprint density at radius 3 is 1.33 bits per heavy atom. The van der Waals surface area contributed by atoms with Gasteiger partial charge in [-0.15, -0.1) is 11.3 Å². The molecule has 1 heterocycles. The fourth-order valence-electron chi connectivity index (χ4n) is 8.54. The zero-order valence-electron chi connectivity index (χ0n) is 31.7. The fourth-order valence-corrected chi connectivity index (χ4v) is 9.90. The van der Waals surface area contributed by atoms with E-state index in [4.69, 9.17) is 0 Å².